The zero-order chi connectivity index (χ0) is 23.7. The van der Waals surface area contributed by atoms with Gasteiger partial charge in [-0.3, -0.25) is 0 Å². The van der Waals surface area contributed by atoms with Crippen molar-refractivity contribution in [3.05, 3.63) is 66.3 Å². The first-order valence-corrected chi connectivity index (χ1v) is 10.7. The number of pyridine rings is 1. The summed E-state index contributed by atoms with van der Waals surface area (Å²) in [6, 6.07) is 3.96. The van der Waals surface area contributed by atoms with E-state index in [1.54, 1.807) is 16.9 Å². The summed E-state index contributed by atoms with van der Waals surface area (Å²) in [5, 5.41) is 10.7. The number of aromatic nitrogens is 4. The first-order valence-electron chi connectivity index (χ1n) is 10.7. The predicted molar refractivity (Wildman–Crippen MR) is 130 cm³/mol. The van der Waals surface area contributed by atoms with Gasteiger partial charge in [0.05, 0.1) is 17.4 Å². The highest BCUT2D eigenvalue weighted by atomic mass is 19.1. The maximum absolute atomic E-state index is 13.9. The molecule has 0 aliphatic heterocycles. The molecule has 0 bridgehead atoms. The van der Waals surface area contributed by atoms with Crippen LogP contribution in [0.25, 0.3) is 16.8 Å². The number of alkyl halides is 1. The normalized spacial score (nSPS) is 12.1. The number of nitrogens with one attached hydrogen (secondary N) is 2. The van der Waals surface area contributed by atoms with Crippen LogP contribution in [0.1, 0.15) is 57.0 Å². The van der Waals surface area contributed by atoms with Gasteiger partial charge in [-0.1, -0.05) is 33.9 Å². The Morgan fingerprint density at radius 3 is 2.44 bits per heavy atom. The molecule has 6 nitrogen and oxygen atoms in total. The third-order valence-electron chi connectivity index (χ3n) is 5.00. The highest BCUT2D eigenvalue weighted by Crippen LogP contribution is 2.27. The van der Waals surface area contributed by atoms with Crippen molar-refractivity contribution in [2.75, 3.05) is 18.4 Å². The summed E-state index contributed by atoms with van der Waals surface area (Å²) in [5.41, 5.74) is 4.59. The minimum atomic E-state index is -1.34. The van der Waals surface area contributed by atoms with Crippen LogP contribution in [0, 0.1) is 12.3 Å². The van der Waals surface area contributed by atoms with Gasteiger partial charge in [0.15, 0.2) is 0 Å². The number of halogens is 1. The molecule has 0 radical (unpaired) electrons. The van der Waals surface area contributed by atoms with Gasteiger partial charge in [0.1, 0.15) is 5.67 Å². The van der Waals surface area contributed by atoms with Gasteiger partial charge in [-0.2, -0.15) is 5.10 Å². The quantitative estimate of drug-likeness (QED) is 0.504. The second-order valence-corrected chi connectivity index (χ2v) is 9.94. The van der Waals surface area contributed by atoms with Crippen molar-refractivity contribution in [1.82, 2.24) is 24.9 Å². The Labute approximate surface area is 189 Å². The molecule has 0 unspecified atom stereocenters. The second-order valence-electron chi connectivity index (χ2n) is 9.94. The topological polar surface area (TPSA) is 67.1 Å². The Kier molecular flexibility index (Phi) is 6.39. The zero-order valence-corrected chi connectivity index (χ0v) is 19.9. The summed E-state index contributed by atoms with van der Waals surface area (Å²) >= 11 is 0. The molecule has 0 spiro atoms. The number of nitrogens with zero attached hydrogens (tertiary/aromatic N) is 4. The van der Waals surface area contributed by atoms with Gasteiger partial charge in [0.25, 0.3) is 0 Å². The van der Waals surface area contributed by atoms with E-state index in [2.05, 4.69) is 59.6 Å². The summed E-state index contributed by atoms with van der Waals surface area (Å²) in [6.07, 6.45) is 5.41. The van der Waals surface area contributed by atoms with E-state index in [9.17, 15) is 4.39 Å². The minimum Gasteiger partial charge on any atom is -0.382 e. The summed E-state index contributed by atoms with van der Waals surface area (Å²) in [5.74, 6) is 0.612. The van der Waals surface area contributed by atoms with E-state index in [4.69, 9.17) is 0 Å². The standard InChI is InChI=1S/C25H33FN6/c1-16(20-12-27-23(31-18(20)3)29-14-24(4,5)6)19-9-10-32-22(11-19)21(13-30-32)17(2)28-15-25(7,8)26/h9-13,28H,1-2,14-15H2,3-8H3,(H,27,29,31). The van der Waals surface area contributed by atoms with Crippen LogP contribution < -0.4 is 10.6 Å². The SMILES string of the molecule is C=C(c1ccn2ncc(C(=C)NCC(C)(C)F)c2c1)c1cnc(NCC(C)(C)C)nc1C. The van der Waals surface area contributed by atoms with E-state index in [1.165, 1.54) is 13.8 Å². The Balaban J connectivity index is 1.85. The van der Waals surface area contributed by atoms with Gasteiger partial charge in [0, 0.05) is 42.3 Å². The number of fused-ring (bicyclic) bond motifs is 1. The van der Waals surface area contributed by atoms with Gasteiger partial charge >= 0.3 is 0 Å². The fourth-order valence-electron chi connectivity index (χ4n) is 3.16. The summed E-state index contributed by atoms with van der Waals surface area (Å²) < 4.78 is 15.6. The number of aryl methyl sites for hydroxylation is 1. The molecule has 170 valence electrons. The molecular weight excluding hydrogens is 403 g/mol. The molecule has 0 fully saturated rings. The maximum Gasteiger partial charge on any atom is 0.222 e. The fraction of sp³-hybridized carbons (Fsp3) is 0.400. The number of rotatable bonds is 8. The largest absolute Gasteiger partial charge is 0.382 e. The van der Waals surface area contributed by atoms with Crippen LogP contribution in [-0.4, -0.2) is 38.3 Å². The Morgan fingerprint density at radius 2 is 1.81 bits per heavy atom. The monoisotopic (exact) mass is 436 g/mol. The molecule has 3 rings (SSSR count). The average molecular weight is 437 g/mol. The summed E-state index contributed by atoms with van der Waals surface area (Å²) in [4.78, 5) is 9.08. The average Bonchev–Trinajstić information content (AvgIpc) is 3.12. The molecule has 0 aliphatic rings. The van der Waals surface area contributed by atoms with Crippen molar-refractivity contribution < 1.29 is 4.39 Å². The molecule has 0 atom stereocenters. The Hall–Kier alpha value is -3.22. The van der Waals surface area contributed by atoms with Crippen molar-refractivity contribution in [1.29, 1.82) is 0 Å². The first-order chi connectivity index (χ1) is 14.8. The van der Waals surface area contributed by atoms with E-state index in [1.807, 2.05) is 25.3 Å². The fourth-order valence-corrected chi connectivity index (χ4v) is 3.16. The maximum atomic E-state index is 13.9. The van der Waals surface area contributed by atoms with Crippen LogP contribution in [0.2, 0.25) is 0 Å². The Morgan fingerprint density at radius 1 is 1.09 bits per heavy atom. The van der Waals surface area contributed by atoms with Gasteiger partial charge in [-0.05, 0) is 49.5 Å². The van der Waals surface area contributed by atoms with Crippen LogP contribution in [0.4, 0.5) is 10.3 Å². The van der Waals surface area contributed by atoms with E-state index < -0.39 is 5.67 Å². The van der Waals surface area contributed by atoms with E-state index >= 15 is 0 Å². The van der Waals surface area contributed by atoms with Gasteiger partial charge in [0.2, 0.25) is 5.95 Å². The van der Waals surface area contributed by atoms with Crippen molar-refractivity contribution in [2.24, 2.45) is 5.41 Å². The van der Waals surface area contributed by atoms with Gasteiger partial charge < -0.3 is 10.6 Å². The van der Waals surface area contributed by atoms with Crippen LogP contribution in [0.3, 0.4) is 0 Å². The number of hydrogen-bond donors (Lipinski definition) is 2. The molecule has 3 aromatic rings. The third-order valence-corrected chi connectivity index (χ3v) is 5.00. The smallest absolute Gasteiger partial charge is 0.222 e. The molecule has 0 aliphatic carbocycles. The summed E-state index contributed by atoms with van der Waals surface area (Å²) in [7, 11) is 0. The number of anilines is 1. The highest BCUT2D eigenvalue weighted by Gasteiger charge is 2.17. The zero-order valence-electron chi connectivity index (χ0n) is 19.9. The summed E-state index contributed by atoms with van der Waals surface area (Å²) in [6.45, 7) is 20.8. The van der Waals surface area contributed by atoms with Gasteiger partial charge in [-0.25, -0.2) is 18.9 Å². The molecule has 3 aromatic heterocycles. The van der Waals surface area contributed by atoms with Crippen molar-refractivity contribution in [3.8, 4) is 0 Å². The van der Waals surface area contributed by atoms with E-state index in [-0.39, 0.29) is 12.0 Å². The first kappa shape index (κ1) is 23.4. The lowest BCUT2D eigenvalue weighted by molar-refractivity contribution is 0.219. The molecule has 0 saturated carbocycles. The van der Waals surface area contributed by atoms with Crippen LogP contribution in [0.15, 0.2) is 43.9 Å². The number of hydrogen-bond acceptors (Lipinski definition) is 5. The molecule has 32 heavy (non-hydrogen) atoms. The van der Waals surface area contributed by atoms with Crippen molar-refractivity contribution >= 4 is 22.7 Å². The van der Waals surface area contributed by atoms with Crippen LogP contribution >= 0.6 is 0 Å². The molecule has 0 saturated heterocycles. The second kappa shape index (κ2) is 8.73. The van der Waals surface area contributed by atoms with E-state index in [0.29, 0.717) is 11.6 Å². The highest BCUT2D eigenvalue weighted by molar-refractivity contribution is 5.83. The lowest BCUT2D eigenvalue weighted by Crippen LogP contribution is -2.29. The van der Waals surface area contributed by atoms with Crippen LogP contribution in [0.5, 0.6) is 0 Å². The van der Waals surface area contributed by atoms with E-state index in [0.717, 1.165) is 40.0 Å². The lowest BCUT2D eigenvalue weighted by atomic mass is 9.97. The Bertz CT molecular complexity index is 1150. The molecule has 3 heterocycles. The molecule has 0 aromatic carbocycles. The van der Waals surface area contributed by atoms with Crippen LogP contribution in [-0.2, 0) is 0 Å². The van der Waals surface area contributed by atoms with Crippen molar-refractivity contribution in [3.63, 3.8) is 0 Å². The predicted octanol–water partition coefficient (Wildman–Crippen LogP) is 5.26. The molecular formula is C25H33FN6. The molecule has 2 N–H and O–H groups in total. The van der Waals surface area contributed by atoms with Crippen molar-refractivity contribution in [2.45, 2.75) is 47.2 Å². The third kappa shape index (κ3) is 5.72. The lowest BCUT2D eigenvalue weighted by Gasteiger charge is -2.19. The van der Waals surface area contributed by atoms with Gasteiger partial charge in [-0.15, -0.1) is 0 Å². The molecule has 0 amide bonds. The minimum absolute atomic E-state index is 0.136. The molecule has 7 heteroatoms.